The Balaban J connectivity index is 1.48. The standard InChI is InChI=1S/C24H27Cl2F3N4O3S/c25-19-4-3-5-20(21(19)26)37(35,36)16-30-11-1-2-14-33(23(34)24(27,28)29)15-10-17-6-8-18(9-7-17)22-31-12-13-32-22/h3-9,30H,1-2,10-16H2,(H,31,32). The summed E-state index contributed by atoms with van der Waals surface area (Å²) in [4.78, 5) is 17.0. The Kier molecular flexibility index (Phi) is 10.2. The molecule has 0 unspecified atom stereocenters. The van der Waals surface area contributed by atoms with Crippen molar-refractivity contribution >= 4 is 44.8 Å². The monoisotopic (exact) mass is 578 g/mol. The highest BCUT2D eigenvalue weighted by Crippen LogP contribution is 2.29. The fraction of sp³-hybridized carbons (Fsp3) is 0.417. The minimum Gasteiger partial charge on any atom is -0.368 e. The molecule has 1 heterocycles. The molecule has 1 amide bonds. The molecule has 202 valence electrons. The highest BCUT2D eigenvalue weighted by molar-refractivity contribution is 7.91. The van der Waals surface area contributed by atoms with Gasteiger partial charge in [-0.05, 0) is 43.5 Å². The molecule has 7 nitrogen and oxygen atoms in total. The summed E-state index contributed by atoms with van der Waals surface area (Å²) >= 11 is 11.8. The number of unbranched alkanes of at least 4 members (excludes halogenated alkanes) is 1. The second-order valence-corrected chi connectivity index (χ2v) is 11.2. The number of nitrogens with zero attached hydrogens (tertiary/aromatic N) is 2. The van der Waals surface area contributed by atoms with Crippen LogP contribution in [0.3, 0.4) is 0 Å². The zero-order valence-electron chi connectivity index (χ0n) is 19.8. The average molecular weight is 579 g/mol. The first kappa shape index (κ1) is 29.2. The Bertz CT molecular complexity index is 1220. The van der Waals surface area contributed by atoms with Gasteiger partial charge in [-0.15, -0.1) is 0 Å². The number of hydrogen-bond donors (Lipinski definition) is 2. The van der Waals surface area contributed by atoms with E-state index in [0.717, 1.165) is 28.4 Å². The van der Waals surface area contributed by atoms with Crippen LogP contribution in [0.15, 0.2) is 52.4 Å². The van der Waals surface area contributed by atoms with E-state index in [4.69, 9.17) is 23.2 Å². The Morgan fingerprint density at radius 3 is 2.46 bits per heavy atom. The van der Waals surface area contributed by atoms with E-state index < -0.39 is 27.8 Å². The van der Waals surface area contributed by atoms with Crippen molar-refractivity contribution in [3.05, 3.63) is 63.6 Å². The van der Waals surface area contributed by atoms with Crippen molar-refractivity contribution in [3.63, 3.8) is 0 Å². The molecule has 2 aromatic carbocycles. The summed E-state index contributed by atoms with van der Waals surface area (Å²) in [5, 5.41) is 5.97. The summed E-state index contributed by atoms with van der Waals surface area (Å²) in [5.41, 5.74) is 1.70. The van der Waals surface area contributed by atoms with Gasteiger partial charge < -0.3 is 15.5 Å². The van der Waals surface area contributed by atoms with Crippen LogP contribution in [0.25, 0.3) is 0 Å². The predicted octanol–water partition coefficient (Wildman–Crippen LogP) is 4.08. The largest absolute Gasteiger partial charge is 0.471 e. The third kappa shape index (κ3) is 8.33. The van der Waals surface area contributed by atoms with Gasteiger partial charge in [-0.3, -0.25) is 9.79 Å². The van der Waals surface area contributed by atoms with Gasteiger partial charge in [0.25, 0.3) is 0 Å². The van der Waals surface area contributed by atoms with E-state index in [-0.39, 0.29) is 47.4 Å². The second kappa shape index (κ2) is 12.9. The van der Waals surface area contributed by atoms with E-state index in [1.165, 1.54) is 18.2 Å². The SMILES string of the molecule is O=C(N(CCCCNCS(=O)(=O)c1cccc(Cl)c1Cl)CCc1ccc(C2=NCCN2)cc1)C(F)(F)F. The Morgan fingerprint density at radius 2 is 1.81 bits per heavy atom. The van der Waals surface area contributed by atoms with Crippen LogP contribution in [0.1, 0.15) is 24.0 Å². The molecule has 37 heavy (non-hydrogen) atoms. The van der Waals surface area contributed by atoms with Gasteiger partial charge in [0.05, 0.1) is 21.5 Å². The number of alkyl halides is 3. The maximum absolute atomic E-state index is 13.1. The smallest absolute Gasteiger partial charge is 0.368 e. The molecule has 1 aliphatic heterocycles. The highest BCUT2D eigenvalue weighted by Gasteiger charge is 2.42. The van der Waals surface area contributed by atoms with Crippen LogP contribution in [0.2, 0.25) is 10.0 Å². The van der Waals surface area contributed by atoms with Crippen molar-refractivity contribution in [2.75, 3.05) is 38.6 Å². The van der Waals surface area contributed by atoms with Crippen LogP contribution in [-0.2, 0) is 21.1 Å². The zero-order chi connectivity index (χ0) is 27.1. The maximum atomic E-state index is 13.1. The van der Waals surface area contributed by atoms with Crippen LogP contribution in [-0.4, -0.2) is 69.8 Å². The van der Waals surface area contributed by atoms with E-state index >= 15 is 0 Å². The van der Waals surface area contributed by atoms with Gasteiger partial charge in [0.15, 0.2) is 9.84 Å². The van der Waals surface area contributed by atoms with Gasteiger partial charge in [-0.25, -0.2) is 8.42 Å². The lowest BCUT2D eigenvalue weighted by molar-refractivity contribution is -0.185. The van der Waals surface area contributed by atoms with Gasteiger partial charge in [0.1, 0.15) is 11.7 Å². The summed E-state index contributed by atoms with van der Waals surface area (Å²) < 4.78 is 64.3. The first-order chi connectivity index (χ1) is 17.5. The lowest BCUT2D eigenvalue weighted by Gasteiger charge is -2.24. The van der Waals surface area contributed by atoms with Crippen LogP contribution in [0.5, 0.6) is 0 Å². The molecule has 0 fully saturated rings. The molecule has 13 heteroatoms. The maximum Gasteiger partial charge on any atom is 0.471 e. The van der Waals surface area contributed by atoms with Crippen molar-refractivity contribution in [1.82, 2.24) is 15.5 Å². The number of nitrogens with one attached hydrogen (secondary N) is 2. The fourth-order valence-corrected chi connectivity index (χ4v) is 5.69. The lowest BCUT2D eigenvalue weighted by atomic mass is 10.1. The molecule has 2 aromatic rings. The van der Waals surface area contributed by atoms with E-state index in [0.29, 0.717) is 13.0 Å². The van der Waals surface area contributed by atoms with Gasteiger partial charge in [0.2, 0.25) is 0 Å². The molecule has 3 rings (SSSR count). The van der Waals surface area contributed by atoms with E-state index in [2.05, 4.69) is 15.6 Å². The first-order valence-corrected chi connectivity index (χ1v) is 14.0. The van der Waals surface area contributed by atoms with Gasteiger partial charge in [0, 0.05) is 25.2 Å². The van der Waals surface area contributed by atoms with Crippen molar-refractivity contribution < 1.29 is 26.4 Å². The van der Waals surface area contributed by atoms with Crippen LogP contribution < -0.4 is 10.6 Å². The number of hydrogen-bond acceptors (Lipinski definition) is 6. The number of sulfone groups is 1. The van der Waals surface area contributed by atoms with Gasteiger partial charge in [-0.1, -0.05) is 53.5 Å². The summed E-state index contributed by atoms with van der Waals surface area (Å²) in [6, 6.07) is 11.6. The second-order valence-electron chi connectivity index (χ2n) is 8.41. The van der Waals surface area contributed by atoms with Crippen molar-refractivity contribution in [3.8, 4) is 0 Å². The number of amidine groups is 1. The van der Waals surface area contributed by atoms with Crippen molar-refractivity contribution in [2.24, 2.45) is 4.99 Å². The molecular weight excluding hydrogens is 552 g/mol. The molecule has 0 saturated heterocycles. The van der Waals surface area contributed by atoms with E-state index in [9.17, 15) is 26.4 Å². The predicted molar refractivity (Wildman–Crippen MR) is 138 cm³/mol. The number of benzene rings is 2. The Hall–Kier alpha value is -2.34. The number of carbonyl (C=O) groups is 1. The highest BCUT2D eigenvalue weighted by atomic mass is 35.5. The Labute approximate surface area is 224 Å². The number of aliphatic imine (C=N–C) groups is 1. The van der Waals surface area contributed by atoms with Crippen molar-refractivity contribution in [1.29, 1.82) is 0 Å². The number of halogens is 5. The third-order valence-corrected chi connectivity index (χ3v) is 8.20. The molecule has 0 saturated carbocycles. The molecular formula is C24H27Cl2F3N4O3S. The summed E-state index contributed by atoms with van der Waals surface area (Å²) in [6.07, 6.45) is -4.08. The minimum absolute atomic E-state index is 0.0640. The fourth-order valence-electron chi connectivity index (χ4n) is 3.74. The normalized spacial score (nSPS) is 13.8. The molecule has 0 atom stereocenters. The summed E-state index contributed by atoms with van der Waals surface area (Å²) in [5.74, 6) is -1.51. The molecule has 1 aliphatic rings. The lowest BCUT2D eigenvalue weighted by Crippen LogP contribution is -2.42. The van der Waals surface area contributed by atoms with Crippen LogP contribution in [0.4, 0.5) is 13.2 Å². The Morgan fingerprint density at radius 1 is 1.08 bits per heavy atom. The molecule has 0 radical (unpaired) electrons. The number of rotatable bonds is 12. The summed E-state index contributed by atoms with van der Waals surface area (Å²) in [6.45, 7) is 1.50. The molecule has 0 aliphatic carbocycles. The van der Waals surface area contributed by atoms with Gasteiger partial charge >= 0.3 is 12.1 Å². The first-order valence-electron chi connectivity index (χ1n) is 11.6. The average Bonchev–Trinajstić information content (AvgIpc) is 3.39. The van der Waals surface area contributed by atoms with E-state index in [1.54, 1.807) is 0 Å². The number of amides is 1. The summed E-state index contributed by atoms with van der Waals surface area (Å²) in [7, 11) is -3.75. The van der Waals surface area contributed by atoms with Crippen LogP contribution >= 0.6 is 23.2 Å². The van der Waals surface area contributed by atoms with Crippen molar-refractivity contribution in [2.45, 2.75) is 30.3 Å². The quantitative estimate of drug-likeness (QED) is 0.370. The topological polar surface area (TPSA) is 90.9 Å². The molecule has 0 spiro atoms. The molecule has 0 aromatic heterocycles. The zero-order valence-corrected chi connectivity index (χ0v) is 22.2. The molecule has 2 N–H and O–H groups in total. The number of carbonyl (C=O) groups excluding carboxylic acids is 1. The van der Waals surface area contributed by atoms with E-state index in [1.807, 2.05) is 24.3 Å². The van der Waals surface area contributed by atoms with Crippen LogP contribution in [0, 0.1) is 0 Å². The minimum atomic E-state index is -4.97. The van der Waals surface area contributed by atoms with Gasteiger partial charge in [-0.2, -0.15) is 13.2 Å². The third-order valence-electron chi connectivity index (χ3n) is 5.68. The molecule has 0 bridgehead atoms.